The number of carbonyl (C=O) groups excluding carboxylic acids is 1. The topological polar surface area (TPSA) is 82.2 Å². The van der Waals surface area contributed by atoms with Gasteiger partial charge in [-0.3, -0.25) is 5.32 Å². The molecule has 0 spiro atoms. The number of hydrogen-bond acceptors (Lipinski definition) is 5. The molecule has 0 aliphatic heterocycles. The number of aryl methyl sites for hydroxylation is 2. The smallest absolute Gasteiger partial charge is 0.326 e. The Morgan fingerprint density at radius 1 is 1.03 bits per heavy atom. The Morgan fingerprint density at radius 3 is 2.60 bits per heavy atom. The summed E-state index contributed by atoms with van der Waals surface area (Å²) in [6, 6.07) is 11.0. The predicted octanol–water partition coefficient (Wildman–Crippen LogP) is 4.91. The first kappa shape index (κ1) is 21.8. The van der Waals surface area contributed by atoms with Crippen molar-refractivity contribution in [3.8, 4) is 0 Å². The maximum atomic E-state index is 12.4. The van der Waals surface area contributed by atoms with E-state index >= 15 is 0 Å². The Morgan fingerprint density at radius 2 is 1.83 bits per heavy atom. The van der Waals surface area contributed by atoms with Gasteiger partial charge in [0.25, 0.3) is 0 Å². The van der Waals surface area contributed by atoms with Crippen LogP contribution >= 0.6 is 11.6 Å². The monoisotopic (exact) mass is 426 g/mol. The number of anilines is 3. The number of rotatable bonds is 7. The first-order valence-corrected chi connectivity index (χ1v) is 10.2. The standard InChI is InChI=1S/C22H27ClN6O/c1-14-10-17-12-18(7-6-16(17)13-19(14)23)26-22(30)28-21-25-15(2)11-20(27-21)24-8-5-9-29(3)4/h6-7,10-13H,5,8-9H2,1-4H3,(H3,24,25,26,27,28,30). The molecule has 2 aromatic carbocycles. The number of urea groups is 1. The van der Waals surface area contributed by atoms with Crippen molar-refractivity contribution in [1.82, 2.24) is 14.9 Å². The van der Waals surface area contributed by atoms with E-state index in [-0.39, 0.29) is 5.95 Å². The van der Waals surface area contributed by atoms with E-state index in [0.717, 1.165) is 46.6 Å². The molecule has 3 aromatic rings. The van der Waals surface area contributed by atoms with Crippen molar-refractivity contribution in [1.29, 1.82) is 0 Å². The highest BCUT2D eigenvalue weighted by Gasteiger charge is 2.08. The molecular formula is C22H27ClN6O. The quantitative estimate of drug-likeness (QED) is 0.468. The Bertz CT molecular complexity index is 1050. The zero-order valence-electron chi connectivity index (χ0n) is 17.7. The summed E-state index contributed by atoms with van der Waals surface area (Å²) in [5, 5.41) is 11.6. The van der Waals surface area contributed by atoms with Gasteiger partial charge in [-0.15, -0.1) is 0 Å². The molecule has 0 unspecified atom stereocenters. The minimum Gasteiger partial charge on any atom is -0.370 e. The number of fused-ring (bicyclic) bond motifs is 1. The summed E-state index contributed by atoms with van der Waals surface area (Å²) in [4.78, 5) is 23.3. The summed E-state index contributed by atoms with van der Waals surface area (Å²) >= 11 is 6.18. The Kier molecular flexibility index (Phi) is 7.07. The molecule has 3 N–H and O–H groups in total. The van der Waals surface area contributed by atoms with E-state index in [1.165, 1.54) is 0 Å². The first-order chi connectivity index (χ1) is 14.3. The lowest BCUT2D eigenvalue weighted by Gasteiger charge is -2.12. The molecule has 0 saturated carbocycles. The predicted molar refractivity (Wildman–Crippen MR) is 125 cm³/mol. The molecule has 30 heavy (non-hydrogen) atoms. The Balaban J connectivity index is 1.64. The minimum atomic E-state index is -0.399. The van der Waals surface area contributed by atoms with Gasteiger partial charge in [0, 0.05) is 29.0 Å². The molecule has 0 aliphatic rings. The van der Waals surface area contributed by atoms with Gasteiger partial charge in [-0.25, -0.2) is 9.78 Å². The number of hydrogen-bond donors (Lipinski definition) is 3. The van der Waals surface area contributed by atoms with Gasteiger partial charge < -0.3 is 15.5 Å². The molecule has 8 heteroatoms. The molecule has 158 valence electrons. The van der Waals surface area contributed by atoms with Crippen molar-refractivity contribution in [3.05, 3.63) is 52.7 Å². The van der Waals surface area contributed by atoms with E-state index in [1.807, 2.05) is 64.3 Å². The average Bonchev–Trinajstić information content (AvgIpc) is 2.66. The third-order valence-corrected chi connectivity index (χ3v) is 4.95. The van der Waals surface area contributed by atoms with Crippen molar-refractivity contribution < 1.29 is 4.79 Å². The van der Waals surface area contributed by atoms with Crippen molar-refractivity contribution in [3.63, 3.8) is 0 Å². The lowest BCUT2D eigenvalue weighted by atomic mass is 10.1. The van der Waals surface area contributed by atoms with E-state index in [9.17, 15) is 4.79 Å². The summed E-state index contributed by atoms with van der Waals surface area (Å²) < 4.78 is 0. The largest absolute Gasteiger partial charge is 0.370 e. The molecule has 0 saturated heterocycles. The van der Waals surface area contributed by atoms with Gasteiger partial charge in [-0.05, 0) is 81.5 Å². The molecular weight excluding hydrogens is 400 g/mol. The van der Waals surface area contributed by atoms with E-state index in [2.05, 4.69) is 30.8 Å². The second kappa shape index (κ2) is 9.73. The summed E-state index contributed by atoms with van der Waals surface area (Å²) in [6.07, 6.45) is 0.992. The van der Waals surface area contributed by atoms with Gasteiger partial charge in [0.05, 0.1) is 0 Å². The van der Waals surface area contributed by atoms with Crippen molar-refractivity contribution >= 4 is 45.9 Å². The van der Waals surface area contributed by atoms with Crippen LogP contribution in [0.3, 0.4) is 0 Å². The summed E-state index contributed by atoms with van der Waals surface area (Å²) in [6.45, 7) is 5.60. The van der Waals surface area contributed by atoms with Crippen LogP contribution in [0.25, 0.3) is 10.8 Å². The number of amides is 2. The van der Waals surface area contributed by atoms with Crippen LogP contribution in [-0.2, 0) is 0 Å². The van der Waals surface area contributed by atoms with Gasteiger partial charge in [-0.2, -0.15) is 4.98 Å². The van der Waals surface area contributed by atoms with Crippen LogP contribution < -0.4 is 16.0 Å². The van der Waals surface area contributed by atoms with Crippen LogP contribution in [0.15, 0.2) is 36.4 Å². The fraction of sp³-hybridized carbons (Fsp3) is 0.318. The van der Waals surface area contributed by atoms with Gasteiger partial charge in [0.15, 0.2) is 0 Å². The van der Waals surface area contributed by atoms with Crippen molar-refractivity contribution in [2.75, 3.05) is 43.1 Å². The second-order valence-corrected chi connectivity index (χ2v) is 7.95. The third kappa shape index (κ3) is 6.05. The lowest BCUT2D eigenvalue weighted by molar-refractivity contribution is 0.262. The number of nitrogens with zero attached hydrogens (tertiary/aromatic N) is 3. The van der Waals surface area contributed by atoms with Gasteiger partial charge >= 0.3 is 6.03 Å². The van der Waals surface area contributed by atoms with E-state index < -0.39 is 6.03 Å². The molecule has 3 rings (SSSR count). The maximum absolute atomic E-state index is 12.4. The first-order valence-electron chi connectivity index (χ1n) is 9.82. The molecule has 1 aromatic heterocycles. The van der Waals surface area contributed by atoms with E-state index in [1.54, 1.807) is 0 Å². The maximum Gasteiger partial charge on any atom is 0.326 e. The van der Waals surface area contributed by atoms with Crippen molar-refractivity contribution in [2.24, 2.45) is 0 Å². The Hall–Kier alpha value is -2.90. The second-order valence-electron chi connectivity index (χ2n) is 7.54. The number of carbonyl (C=O) groups is 1. The normalized spacial score (nSPS) is 11.0. The molecule has 0 aliphatic carbocycles. The number of benzene rings is 2. The van der Waals surface area contributed by atoms with Gasteiger partial charge in [-0.1, -0.05) is 17.7 Å². The fourth-order valence-corrected chi connectivity index (χ4v) is 3.22. The highest BCUT2D eigenvalue weighted by atomic mass is 35.5. The van der Waals surface area contributed by atoms with E-state index in [0.29, 0.717) is 11.5 Å². The number of halogens is 1. The molecule has 0 bridgehead atoms. The number of nitrogens with one attached hydrogen (secondary N) is 3. The number of aromatic nitrogens is 2. The molecule has 2 amide bonds. The van der Waals surface area contributed by atoms with Crippen LogP contribution in [0.1, 0.15) is 17.7 Å². The molecule has 0 atom stereocenters. The van der Waals surface area contributed by atoms with Gasteiger partial charge in [0.2, 0.25) is 5.95 Å². The van der Waals surface area contributed by atoms with Crippen LogP contribution in [0.5, 0.6) is 0 Å². The van der Waals surface area contributed by atoms with Crippen LogP contribution in [-0.4, -0.2) is 48.1 Å². The molecule has 0 fully saturated rings. The summed E-state index contributed by atoms with van der Waals surface area (Å²) in [5.74, 6) is 0.945. The summed E-state index contributed by atoms with van der Waals surface area (Å²) in [5.41, 5.74) is 2.44. The highest BCUT2D eigenvalue weighted by molar-refractivity contribution is 6.32. The van der Waals surface area contributed by atoms with E-state index in [4.69, 9.17) is 11.6 Å². The SMILES string of the molecule is Cc1cc(NCCCN(C)C)nc(NC(=O)Nc2ccc3cc(Cl)c(C)cc3c2)n1. The molecule has 1 heterocycles. The zero-order chi connectivity index (χ0) is 21.7. The van der Waals surface area contributed by atoms with Crippen LogP contribution in [0.2, 0.25) is 5.02 Å². The lowest BCUT2D eigenvalue weighted by Crippen LogP contribution is -2.21. The highest BCUT2D eigenvalue weighted by Crippen LogP contribution is 2.26. The average molecular weight is 427 g/mol. The van der Waals surface area contributed by atoms with Crippen LogP contribution in [0.4, 0.5) is 22.2 Å². The fourth-order valence-electron chi connectivity index (χ4n) is 3.05. The van der Waals surface area contributed by atoms with Gasteiger partial charge in [0.1, 0.15) is 5.82 Å². The summed E-state index contributed by atoms with van der Waals surface area (Å²) in [7, 11) is 4.09. The zero-order valence-corrected chi connectivity index (χ0v) is 18.5. The Labute approximate surface area is 181 Å². The molecule has 0 radical (unpaired) electrons. The third-order valence-electron chi connectivity index (χ3n) is 4.54. The van der Waals surface area contributed by atoms with Crippen molar-refractivity contribution in [2.45, 2.75) is 20.3 Å². The molecule has 7 nitrogen and oxygen atoms in total. The van der Waals surface area contributed by atoms with Crippen LogP contribution in [0, 0.1) is 13.8 Å². The minimum absolute atomic E-state index is 0.256.